The largest absolute Gasteiger partial charge is 0.378 e. The number of carbonyl (C=O) groups excluding carboxylic acids is 1. The van der Waals surface area contributed by atoms with Crippen LogP contribution in [0.5, 0.6) is 0 Å². The summed E-state index contributed by atoms with van der Waals surface area (Å²) in [6, 6.07) is 0.295. The zero-order valence-electron chi connectivity index (χ0n) is 10.00. The van der Waals surface area contributed by atoms with Crippen molar-refractivity contribution in [2.75, 3.05) is 33.4 Å². The Hall–Kier alpha value is -0.610. The van der Waals surface area contributed by atoms with E-state index in [0.29, 0.717) is 19.3 Å². The van der Waals surface area contributed by atoms with Crippen molar-refractivity contribution in [2.24, 2.45) is 0 Å². The molecule has 0 aromatic rings. The van der Waals surface area contributed by atoms with Crippen LogP contribution in [0.1, 0.15) is 25.7 Å². The highest BCUT2D eigenvalue weighted by atomic mass is 16.5. The van der Waals surface area contributed by atoms with Crippen LogP contribution in [0.3, 0.4) is 0 Å². The summed E-state index contributed by atoms with van der Waals surface area (Å²) in [7, 11) is 1.95. The van der Waals surface area contributed by atoms with Crippen molar-refractivity contribution in [3.8, 4) is 0 Å². The molecule has 1 saturated heterocycles. The van der Waals surface area contributed by atoms with Crippen LogP contribution in [0.4, 0.5) is 0 Å². The van der Waals surface area contributed by atoms with Gasteiger partial charge in [-0.05, 0) is 19.9 Å². The van der Waals surface area contributed by atoms with Crippen LogP contribution in [-0.4, -0.2) is 50.2 Å². The summed E-state index contributed by atoms with van der Waals surface area (Å²) in [5.74, 6) is 1.33. The Labute approximate surface area is 97.3 Å². The topological polar surface area (TPSA) is 41.6 Å². The van der Waals surface area contributed by atoms with Gasteiger partial charge in [-0.2, -0.15) is 0 Å². The van der Waals surface area contributed by atoms with E-state index in [4.69, 9.17) is 4.74 Å². The van der Waals surface area contributed by atoms with E-state index in [0.717, 1.165) is 38.3 Å². The van der Waals surface area contributed by atoms with Gasteiger partial charge in [-0.1, -0.05) is 12.8 Å². The summed E-state index contributed by atoms with van der Waals surface area (Å²) in [6.45, 7) is 2.87. The van der Waals surface area contributed by atoms with Crippen LogP contribution in [0, 0.1) is 5.92 Å². The Kier molecular flexibility index (Phi) is 4.18. The summed E-state index contributed by atoms with van der Waals surface area (Å²) >= 11 is 0. The SMILES string of the molecule is CNC1CCCC[C]1C(=O)N1CCOCC1. The Morgan fingerprint density at radius 2 is 2.12 bits per heavy atom. The zero-order chi connectivity index (χ0) is 11.4. The Bertz CT molecular complexity index is 239. The van der Waals surface area contributed by atoms with Crippen LogP contribution < -0.4 is 5.32 Å². The predicted molar refractivity (Wildman–Crippen MR) is 62.0 cm³/mol. The van der Waals surface area contributed by atoms with E-state index in [-0.39, 0.29) is 5.91 Å². The standard InChI is InChI=1S/C12H21N2O2/c1-13-11-5-3-2-4-10(11)12(15)14-6-8-16-9-7-14/h11,13H,2-9H2,1H3. The molecular weight excluding hydrogens is 204 g/mol. The molecule has 1 atom stereocenters. The maximum Gasteiger partial charge on any atom is 0.231 e. The Morgan fingerprint density at radius 1 is 1.38 bits per heavy atom. The third kappa shape index (κ3) is 2.55. The molecule has 1 radical (unpaired) electrons. The number of hydrogen-bond donors (Lipinski definition) is 1. The number of nitrogens with zero attached hydrogens (tertiary/aromatic N) is 1. The highest BCUT2D eigenvalue weighted by Gasteiger charge is 2.33. The first-order valence-electron chi connectivity index (χ1n) is 6.23. The Balaban J connectivity index is 1.95. The highest BCUT2D eigenvalue weighted by molar-refractivity contribution is 5.91. The van der Waals surface area contributed by atoms with Gasteiger partial charge in [-0.3, -0.25) is 4.79 Å². The van der Waals surface area contributed by atoms with Crippen molar-refractivity contribution >= 4 is 5.91 Å². The normalized spacial score (nSPS) is 28.1. The molecule has 0 bridgehead atoms. The first-order chi connectivity index (χ1) is 7.83. The summed E-state index contributed by atoms with van der Waals surface area (Å²) in [5.41, 5.74) is 0. The molecular formula is C12H21N2O2. The first-order valence-corrected chi connectivity index (χ1v) is 6.23. The molecule has 4 nitrogen and oxygen atoms in total. The molecule has 16 heavy (non-hydrogen) atoms. The zero-order valence-corrected chi connectivity index (χ0v) is 10.00. The van der Waals surface area contributed by atoms with E-state index in [9.17, 15) is 4.79 Å². The molecule has 2 rings (SSSR count). The van der Waals surface area contributed by atoms with Crippen molar-refractivity contribution < 1.29 is 9.53 Å². The molecule has 1 N–H and O–H groups in total. The van der Waals surface area contributed by atoms with Crippen molar-refractivity contribution in [3.05, 3.63) is 5.92 Å². The maximum atomic E-state index is 12.3. The average molecular weight is 225 g/mol. The first kappa shape index (κ1) is 11.9. The fourth-order valence-electron chi connectivity index (χ4n) is 2.56. The van der Waals surface area contributed by atoms with Gasteiger partial charge in [0.2, 0.25) is 5.91 Å². The molecule has 0 aromatic heterocycles. The second kappa shape index (κ2) is 5.64. The van der Waals surface area contributed by atoms with Gasteiger partial charge < -0.3 is 15.0 Å². The van der Waals surface area contributed by atoms with E-state index >= 15 is 0 Å². The van der Waals surface area contributed by atoms with Gasteiger partial charge in [0, 0.05) is 19.1 Å². The predicted octanol–water partition coefficient (Wildman–Crippen LogP) is 0.582. The summed E-state index contributed by atoms with van der Waals surface area (Å²) in [6.07, 6.45) is 4.44. The minimum Gasteiger partial charge on any atom is -0.378 e. The van der Waals surface area contributed by atoms with E-state index < -0.39 is 0 Å². The molecule has 0 spiro atoms. The Morgan fingerprint density at radius 3 is 2.81 bits per heavy atom. The van der Waals surface area contributed by atoms with Crippen LogP contribution >= 0.6 is 0 Å². The fourth-order valence-corrected chi connectivity index (χ4v) is 2.56. The number of ether oxygens (including phenoxy) is 1. The number of amides is 1. The third-order valence-electron chi connectivity index (χ3n) is 3.53. The average Bonchev–Trinajstić information content (AvgIpc) is 2.39. The second-order valence-electron chi connectivity index (χ2n) is 4.52. The number of morpholine rings is 1. The lowest BCUT2D eigenvalue weighted by molar-refractivity contribution is -0.134. The molecule has 1 amide bonds. The molecule has 0 aromatic carbocycles. The maximum absolute atomic E-state index is 12.3. The molecule has 1 unspecified atom stereocenters. The quantitative estimate of drug-likeness (QED) is 0.747. The summed E-state index contributed by atoms with van der Waals surface area (Å²) in [5, 5.41) is 3.26. The summed E-state index contributed by atoms with van der Waals surface area (Å²) in [4.78, 5) is 14.3. The third-order valence-corrected chi connectivity index (χ3v) is 3.53. The molecule has 2 aliphatic rings. The molecule has 1 aliphatic heterocycles. The number of nitrogens with one attached hydrogen (secondary N) is 1. The molecule has 91 valence electrons. The van der Waals surface area contributed by atoms with Gasteiger partial charge in [0.25, 0.3) is 0 Å². The number of hydrogen-bond acceptors (Lipinski definition) is 3. The lowest BCUT2D eigenvalue weighted by Gasteiger charge is -2.35. The molecule has 4 heteroatoms. The minimum absolute atomic E-state index is 0.252. The number of carbonyl (C=O) groups is 1. The van der Waals surface area contributed by atoms with Crippen LogP contribution in [-0.2, 0) is 9.53 Å². The van der Waals surface area contributed by atoms with Crippen molar-refractivity contribution in [1.82, 2.24) is 10.2 Å². The number of rotatable bonds is 2. The van der Waals surface area contributed by atoms with E-state index in [1.807, 2.05) is 11.9 Å². The van der Waals surface area contributed by atoms with Crippen LogP contribution in [0.2, 0.25) is 0 Å². The fraction of sp³-hybridized carbons (Fsp3) is 0.833. The molecule has 1 saturated carbocycles. The van der Waals surface area contributed by atoms with Crippen LogP contribution in [0.25, 0.3) is 0 Å². The van der Waals surface area contributed by atoms with Gasteiger partial charge >= 0.3 is 0 Å². The van der Waals surface area contributed by atoms with Crippen molar-refractivity contribution in [1.29, 1.82) is 0 Å². The molecule has 1 heterocycles. The smallest absolute Gasteiger partial charge is 0.231 e. The van der Waals surface area contributed by atoms with Gasteiger partial charge in [0.1, 0.15) is 0 Å². The highest BCUT2D eigenvalue weighted by Crippen LogP contribution is 2.28. The van der Waals surface area contributed by atoms with Gasteiger partial charge in [-0.15, -0.1) is 0 Å². The summed E-state index contributed by atoms with van der Waals surface area (Å²) < 4.78 is 5.27. The molecule has 1 aliphatic carbocycles. The van der Waals surface area contributed by atoms with Gasteiger partial charge in [0.05, 0.1) is 19.1 Å². The lowest BCUT2D eigenvalue weighted by atomic mass is 9.83. The lowest BCUT2D eigenvalue weighted by Crippen LogP contribution is -2.49. The molecule has 2 fully saturated rings. The van der Waals surface area contributed by atoms with E-state index in [1.165, 1.54) is 6.42 Å². The van der Waals surface area contributed by atoms with Crippen molar-refractivity contribution in [2.45, 2.75) is 31.7 Å². The van der Waals surface area contributed by atoms with E-state index in [1.54, 1.807) is 0 Å². The minimum atomic E-state index is 0.252. The van der Waals surface area contributed by atoms with Crippen LogP contribution in [0.15, 0.2) is 0 Å². The van der Waals surface area contributed by atoms with Crippen molar-refractivity contribution in [3.63, 3.8) is 0 Å². The van der Waals surface area contributed by atoms with Gasteiger partial charge in [0.15, 0.2) is 0 Å². The second-order valence-corrected chi connectivity index (χ2v) is 4.52. The van der Waals surface area contributed by atoms with E-state index in [2.05, 4.69) is 5.32 Å². The monoisotopic (exact) mass is 225 g/mol. The van der Waals surface area contributed by atoms with Gasteiger partial charge in [-0.25, -0.2) is 0 Å².